The van der Waals surface area contributed by atoms with Gasteiger partial charge < -0.3 is 49.3 Å². The van der Waals surface area contributed by atoms with Gasteiger partial charge in [-0.05, 0) is 80.3 Å². The number of imidazole rings is 1. The lowest BCUT2D eigenvalue weighted by molar-refractivity contribution is -0.140. The lowest BCUT2D eigenvalue weighted by Crippen LogP contribution is -2.55. The highest BCUT2D eigenvalue weighted by Crippen LogP contribution is 2.35. The zero-order valence-electron chi connectivity index (χ0n) is 33.4. The van der Waals surface area contributed by atoms with E-state index in [9.17, 15) is 19.2 Å². The molecule has 0 radical (unpaired) electrons. The Balaban J connectivity index is 1.12. The van der Waals surface area contributed by atoms with Crippen molar-refractivity contribution >= 4 is 24.0 Å². The van der Waals surface area contributed by atoms with E-state index in [1.165, 1.54) is 28.4 Å². The summed E-state index contributed by atoms with van der Waals surface area (Å²) < 4.78 is 20.4. The number of ether oxygens (including phenoxy) is 4. The highest BCUT2D eigenvalue weighted by molar-refractivity contribution is 5.87. The summed E-state index contributed by atoms with van der Waals surface area (Å²) in [6.07, 6.45) is 3.54. The van der Waals surface area contributed by atoms with Crippen LogP contribution in [0.15, 0.2) is 66.9 Å². The van der Waals surface area contributed by atoms with E-state index in [0.29, 0.717) is 18.9 Å². The molecular formula is C42H53N7O8. The van der Waals surface area contributed by atoms with E-state index in [1.807, 2.05) is 29.2 Å². The number of methoxy groups -OCH3 is 4. The predicted molar refractivity (Wildman–Crippen MR) is 213 cm³/mol. The van der Waals surface area contributed by atoms with Crippen LogP contribution in [0, 0.1) is 0 Å². The van der Waals surface area contributed by atoms with E-state index in [1.54, 1.807) is 24.9 Å². The van der Waals surface area contributed by atoms with Gasteiger partial charge in [-0.25, -0.2) is 14.6 Å². The van der Waals surface area contributed by atoms with Crippen molar-refractivity contribution in [1.29, 1.82) is 0 Å². The minimum atomic E-state index is -0.896. The van der Waals surface area contributed by atoms with E-state index in [0.717, 1.165) is 71.4 Å². The quantitative estimate of drug-likeness (QED) is 0.127. The molecule has 2 aromatic carbocycles. The van der Waals surface area contributed by atoms with Crippen LogP contribution in [-0.4, -0.2) is 115 Å². The standard InChI is InChI=1S/C42H53N7O8/c1-25(54-3)36(46-41(52)56-5)39(50)48-22-8-7-10-34(48)32-21-20-31(44-32)29-16-12-27(13-17-29)28-14-18-30(19-15-28)33-24-43-38(45-33)35-11-9-23-49(35)40(51)37(26(2)55-4)47-42(53)57-6/h12-21,24-26,34-37,44H,7-11,22-23H2,1-6H3,(H,43,45)(H,46,52)(H,47,53)/t25-,26-,34+,35+,36+,37+/m1/s1. The summed E-state index contributed by atoms with van der Waals surface area (Å²) in [6, 6.07) is 18.4. The van der Waals surface area contributed by atoms with Gasteiger partial charge in [0.1, 0.15) is 17.9 Å². The van der Waals surface area contributed by atoms with Crippen molar-refractivity contribution in [1.82, 2.24) is 35.4 Å². The van der Waals surface area contributed by atoms with Crippen LogP contribution in [0.25, 0.3) is 33.6 Å². The maximum absolute atomic E-state index is 13.8. The molecule has 6 atom stereocenters. The Bertz CT molecular complexity index is 1990. The highest BCUT2D eigenvalue weighted by Gasteiger charge is 2.39. The SMILES string of the molecule is COC(=O)N[C@H](C(=O)N1CCCC[C@H]1c1ccc(-c2ccc(-c3ccc(-c4cnc([C@@H]5CCCN5C(=O)[C@@H](NC(=O)OC)[C@@H](C)OC)[nH]4)cc3)cc2)[nH]1)[C@@H](C)OC. The van der Waals surface area contributed by atoms with Crippen molar-refractivity contribution in [2.75, 3.05) is 41.5 Å². The first-order valence-corrected chi connectivity index (χ1v) is 19.4. The largest absolute Gasteiger partial charge is 0.453 e. The second kappa shape index (κ2) is 18.5. The maximum atomic E-state index is 13.8. The average Bonchev–Trinajstić information content (AvgIpc) is 4.06. The Labute approximate surface area is 332 Å². The second-order valence-electron chi connectivity index (χ2n) is 14.5. The van der Waals surface area contributed by atoms with Crippen LogP contribution in [0.5, 0.6) is 0 Å². The molecule has 15 heteroatoms. The molecular weight excluding hydrogens is 731 g/mol. The predicted octanol–water partition coefficient (Wildman–Crippen LogP) is 5.97. The van der Waals surface area contributed by atoms with Crippen LogP contribution >= 0.6 is 0 Å². The first kappa shape index (κ1) is 41.0. The Kier molecular flexibility index (Phi) is 13.3. The molecule has 4 N–H and O–H groups in total. The summed E-state index contributed by atoms with van der Waals surface area (Å²) in [4.78, 5) is 66.7. The number of hydrogen-bond acceptors (Lipinski definition) is 9. The summed E-state index contributed by atoms with van der Waals surface area (Å²) >= 11 is 0. The van der Waals surface area contributed by atoms with Crippen LogP contribution < -0.4 is 10.6 Å². The number of H-pyrrole nitrogens is 2. The highest BCUT2D eigenvalue weighted by atomic mass is 16.5. The number of nitrogens with one attached hydrogen (secondary N) is 4. The lowest BCUT2D eigenvalue weighted by atomic mass is 9.97. The van der Waals surface area contributed by atoms with Gasteiger partial charge in [0.05, 0.1) is 50.4 Å². The van der Waals surface area contributed by atoms with Crippen molar-refractivity contribution in [3.05, 3.63) is 78.4 Å². The molecule has 4 amide bonds. The maximum Gasteiger partial charge on any atom is 0.407 e. The van der Waals surface area contributed by atoms with Gasteiger partial charge in [-0.1, -0.05) is 48.5 Å². The summed E-state index contributed by atoms with van der Waals surface area (Å²) in [5.74, 6) is 0.236. The van der Waals surface area contributed by atoms with Crippen molar-refractivity contribution in [3.8, 4) is 33.6 Å². The molecule has 2 aliphatic rings. The number of rotatable bonds is 13. The number of likely N-dealkylation sites (tertiary alicyclic amines) is 2. The summed E-state index contributed by atoms with van der Waals surface area (Å²) in [6.45, 7) is 4.61. The number of hydrogen-bond donors (Lipinski definition) is 4. The van der Waals surface area contributed by atoms with Gasteiger partial charge >= 0.3 is 12.2 Å². The molecule has 0 spiro atoms. The number of nitrogens with zero attached hydrogens (tertiary/aromatic N) is 3. The van der Waals surface area contributed by atoms with Crippen LogP contribution in [0.4, 0.5) is 9.59 Å². The zero-order chi connectivity index (χ0) is 40.6. The molecule has 0 aliphatic carbocycles. The molecule has 4 heterocycles. The van der Waals surface area contributed by atoms with Gasteiger partial charge in [0.2, 0.25) is 11.8 Å². The van der Waals surface area contributed by atoms with Gasteiger partial charge in [0.15, 0.2) is 0 Å². The molecule has 0 saturated carbocycles. The number of amides is 4. The van der Waals surface area contributed by atoms with Gasteiger partial charge in [0.25, 0.3) is 0 Å². The van der Waals surface area contributed by atoms with Crippen molar-refractivity contribution in [2.24, 2.45) is 0 Å². The molecule has 2 aliphatic heterocycles. The Hall–Kier alpha value is -5.67. The van der Waals surface area contributed by atoms with Crippen LogP contribution in [-0.2, 0) is 28.5 Å². The third-order valence-electron chi connectivity index (χ3n) is 11.2. The molecule has 0 bridgehead atoms. The molecule has 15 nitrogen and oxygen atoms in total. The van der Waals surface area contributed by atoms with E-state index in [4.69, 9.17) is 18.9 Å². The second-order valence-corrected chi connectivity index (χ2v) is 14.5. The number of piperidine rings is 1. The molecule has 6 rings (SSSR count). The van der Waals surface area contributed by atoms with Gasteiger partial charge in [-0.15, -0.1) is 0 Å². The third-order valence-corrected chi connectivity index (χ3v) is 11.2. The number of aromatic amines is 2. The fourth-order valence-corrected chi connectivity index (χ4v) is 7.71. The molecule has 4 aromatic rings. The van der Waals surface area contributed by atoms with E-state index >= 15 is 0 Å². The zero-order valence-corrected chi connectivity index (χ0v) is 33.4. The minimum absolute atomic E-state index is 0.165. The first-order valence-electron chi connectivity index (χ1n) is 19.4. The molecule has 2 fully saturated rings. The van der Waals surface area contributed by atoms with Gasteiger partial charge in [0, 0.05) is 38.7 Å². The first-order chi connectivity index (χ1) is 27.6. The number of carbonyl (C=O) groups excluding carboxylic acids is 4. The lowest BCUT2D eigenvalue weighted by Gasteiger charge is -2.38. The fraction of sp³-hybridized carbons (Fsp3) is 0.452. The number of benzene rings is 2. The number of aromatic nitrogens is 3. The minimum Gasteiger partial charge on any atom is -0.453 e. The van der Waals surface area contributed by atoms with Crippen molar-refractivity contribution in [2.45, 2.75) is 82.3 Å². The van der Waals surface area contributed by atoms with Crippen LogP contribution in [0.3, 0.4) is 0 Å². The van der Waals surface area contributed by atoms with Crippen molar-refractivity contribution in [3.63, 3.8) is 0 Å². The normalized spacial score (nSPS) is 19.0. The van der Waals surface area contributed by atoms with E-state index in [-0.39, 0.29) is 23.9 Å². The Morgan fingerprint density at radius 1 is 0.632 bits per heavy atom. The summed E-state index contributed by atoms with van der Waals surface area (Å²) in [5, 5.41) is 5.28. The Morgan fingerprint density at radius 2 is 1.12 bits per heavy atom. The topological polar surface area (TPSA) is 180 Å². The van der Waals surface area contributed by atoms with Gasteiger partial charge in [-0.2, -0.15) is 0 Å². The number of alkyl carbamates (subject to hydrolysis) is 2. The summed E-state index contributed by atoms with van der Waals surface area (Å²) in [7, 11) is 5.54. The van der Waals surface area contributed by atoms with Crippen LogP contribution in [0.2, 0.25) is 0 Å². The molecule has 304 valence electrons. The Morgan fingerprint density at radius 3 is 1.67 bits per heavy atom. The van der Waals surface area contributed by atoms with E-state index in [2.05, 4.69) is 62.0 Å². The third kappa shape index (κ3) is 9.15. The molecule has 2 saturated heterocycles. The van der Waals surface area contributed by atoms with E-state index < -0.39 is 36.5 Å². The molecule has 2 aromatic heterocycles. The van der Waals surface area contributed by atoms with Crippen LogP contribution in [0.1, 0.15) is 69.6 Å². The summed E-state index contributed by atoms with van der Waals surface area (Å²) in [5.41, 5.74) is 6.81. The average molecular weight is 784 g/mol. The smallest absolute Gasteiger partial charge is 0.407 e. The fourth-order valence-electron chi connectivity index (χ4n) is 7.71. The molecule has 0 unspecified atom stereocenters. The van der Waals surface area contributed by atoms with Crippen molar-refractivity contribution < 1.29 is 38.1 Å². The molecule has 57 heavy (non-hydrogen) atoms. The monoisotopic (exact) mass is 783 g/mol. The van der Waals surface area contributed by atoms with Gasteiger partial charge in [-0.3, -0.25) is 9.59 Å². The number of carbonyl (C=O) groups is 4.